The average molecular weight is 527 g/mol. The molecule has 1 aromatic rings. The Labute approximate surface area is 198 Å². The van der Waals surface area contributed by atoms with E-state index in [9.17, 15) is 4.79 Å². The van der Waals surface area contributed by atoms with Crippen molar-refractivity contribution in [1.82, 2.24) is 20.4 Å². The number of fused-ring (bicyclic) bond motifs is 1. The van der Waals surface area contributed by atoms with Crippen LogP contribution < -0.4 is 10.6 Å². The maximum atomic E-state index is 12.6. The second-order valence-corrected chi connectivity index (χ2v) is 8.19. The fraction of sp³-hybridized carbons (Fsp3) is 0.652. The standard InChI is InChI=1S/C23H37N5O.HI/c1-3-24-23(25-13-8-15-27-14-7-6-9-19(27)2)26-17-22(29)28-16-12-20-10-4-5-11-21(20)18-28;/h4-5,10-11,19H,3,6-9,12-18H2,1-2H3,(H2,24,25,26);1H. The van der Waals surface area contributed by atoms with E-state index in [1.807, 2.05) is 11.0 Å². The summed E-state index contributed by atoms with van der Waals surface area (Å²) in [6.07, 6.45) is 6.03. The first-order valence-electron chi connectivity index (χ1n) is 11.3. The van der Waals surface area contributed by atoms with Crippen molar-refractivity contribution < 1.29 is 4.79 Å². The van der Waals surface area contributed by atoms with Crippen LogP contribution in [0.2, 0.25) is 0 Å². The van der Waals surface area contributed by atoms with Crippen molar-refractivity contribution >= 4 is 35.8 Å². The smallest absolute Gasteiger partial charge is 0.244 e. The molecule has 0 bridgehead atoms. The second kappa shape index (κ2) is 13.1. The van der Waals surface area contributed by atoms with Gasteiger partial charge in [-0.05, 0) is 57.2 Å². The van der Waals surface area contributed by atoms with Gasteiger partial charge in [0.25, 0.3) is 0 Å². The molecule has 1 saturated heterocycles. The van der Waals surface area contributed by atoms with E-state index in [0.29, 0.717) is 12.6 Å². The lowest BCUT2D eigenvalue weighted by molar-refractivity contribution is -0.130. The van der Waals surface area contributed by atoms with Gasteiger partial charge >= 0.3 is 0 Å². The van der Waals surface area contributed by atoms with Gasteiger partial charge in [0.2, 0.25) is 5.91 Å². The van der Waals surface area contributed by atoms with E-state index >= 15 is 0 Å². The van der Waals surface area contributed by atoms with Crippen molar-refractivity contribution in [2.24, 2.45) is 4.99 Å². The van der Waals surface area contributed by atoms with Gasteiger partial charge in [-0.3, -0.25) is 4.79 Å². The van der Waals surface area contributed by atoms with Gasteiger partial charge < -0.3 is 20.4 Å². The number of piperidine rings is 1. The van der Waals surface area contributed by atoms with Gasteiger partial charge in [0, 0.05) is 38.8 Å². The van der Waals surface area contributed by atoms with Crippen molar-refractivity contribution in [3.05, 3.63) is 35.4 Å². The molecule has 3 rings (SSSR count). The molecule has 0 saturated carbocycles. The van der Waals surface area contributed by atoms with Crippen LogP contribution in [0.4, 0.5) is 0 Å². The zero-order valence-electron chi connectivity index (χ0n) is 18.5. The van der Waals surface area contributed by atoms with Crippen LogP contribution in [0.25, 0.3) is 0 Å². The van der Waals surface area contributed by atoms with Crippen LogP contribution in [0.15, 0.2) is 29.3 Å². The van der Waals surface area contributed by atoms with Crippen molar-refractivity contribution in [2.45, 2.75) is 58.5 Å². The number of guanidine groups is 1. The largest absolute Gasteiger partial charge is 0.357 e. The molecule has 0 radical (unpaired) electrons. The summed E-state index contributed by atoms with van der Waals surface area (Å²) in [6.45, 7) is 10.1. The molecule has 1 fully saturated rings. The summed E-state index contributed by atoms with van der Waals surface area (Å²) in [5.74, 6) is 0.837. The van der Waals surface area contributed by atoms with Gasteiger partial charge in [0.15, 0.2) is 5.96 Å². The molecule has 168 valence electrons. The number of benzene rings is 1. The number of halogens is 1. The summed E-state index contributed by atoms with van der Waals surface area (Å²) in [7, 11) is 0. The minimum atomic E-state index is 0. The highest BCUT2D eigenvalue weighted by atomic mass is 127. The number of rotatable bonds is 7. The van der Waals surface area contributed by atoms with E-state index in [1.54, 1.807) is 0 Å². The molecule has 2 aliphatic heterocycles. The first-order chi connectivity index (χ1) is 14.2. The Hall–Kier alpha value is -1.35. The number of likely N-dealkylation sites (tertiary alicyclic amines) is 1. The molecular weight excluding hydrogens is 489 g/mol. The zero-order chi connectivity index (χ0) is 20.5. The van der Waals surface area contributed by atoms with E-state index in [0.717, 1.165) is 45.0 Å². The van der Waals surface area contributed by atoms with Crippen LogP contribution >= 0.6 is 24.0 Å². The molecule has 2 N–H and O–H groups in total. The Morgan fingerprint density at radius 3 is 2.73 bits per heavy atom. The van der Waals surface area contributed by atoms with Gasteiger partial charge in [-0.2, -0.15) is 0 Å². The lowest BCUT2D eigenvalue weighted by Crippen LogP contribution is -2.42. The van der Waals surface area contributed by atoms with Crippen LogP contribution in [0.3, 0.4) is 0 Å². The van der Waals surface area contributed by atoms with Crippen LogP contribution in [0.1, 0.15) is 50.7 Å². The van der Waals surface area contributed by atoms with Gasteiger partial charge in [0.1, 0.15) is 6.54 Å². The van der Waals surface area contributed by atoms with Gasteiger partial charge in [0.05, 0.1) is 0 Å². The molecule has 1 aromatic carbocycles. The van der Waals surface area contributed by atoms with Gasteiger partial charge in [-0.1, -0.05) is 30.7 Å². The number of carbonyl (C=O) groups is 1. The fourth-order valence-corrected chi connectivity index (χ4v) is 4.28. The maximum Gasteiger partial charge on any atom is 0.244 e. The van der Waals surface area contributed by atoms with Crippen molar-refractivity contribution in [3.63, 3.8) is 0 Å². The van der Waals surface area contributed by atoms with E-state index in [1.165, 1.54) is 36.9 Å². The summed E-state index contributed by atoms with van der Waals surface area (Å²) in [4.78, 5) is 21.7. The Balaban J connectivity index is 0.00000320. The molecule has 0 aromatic heterocycles. The number of amides is 1. The van der Waals surface area contributed by atoms with Crippen LogP contribution in [-0.4, -0.2) is 67.0 Å². The highest BCUT2D eigenvalue weighted by Gasteiger charge is 2.20. The Bertz CT molecular complexity index is 696. The van der Waals surface area contributed by atoms with Crippen LogP contribution in [0.5, 0.6) is 0 Å². The van der Waals surface area contributed by atoms with Gasteiger partial charge in [-0.25, -0.2) is 4.99 Å². The van der Waals surface area contributed by atoms with Crippen molar-refractivity contribution in [2.75, 3.05) is 39.3 Å². The molecule has 6 nitrogen and oxygen atoms in total. The number of aliphatic imine (C=N–C) groups is 1. The van der Waals surface area contributed by atoms with Gasteiger partial charge in [-0.15, -0.1) is 24.0 Å². The molecule has 1 unspecified atom stereocenters. The summed E-state index contributed by atoms with van der Waals surface area (Å²) in [5, 5.41) is 6.65. The molecular formula is C23H38IN5O. The summed E-state index contributed by atoms with van der Waals surface area (Å²) >= 11 is 0. The highest BCUT2D eigenvalue weighted by Crippen LogP contribution is 2.18. The Morgan fingerprint density at radius 2 is 1.97 bits per heavy atom. The molecule has 7 heteroatoms. The quantitative estimate of drug-likeness (QED) is 0.248. The number of hydrogen-bond donors (Lipinski definition) is 2. The Morgan fingerprint density at radius 1 is 1.17 bits per heavy atom. The fourth-order valence-electron chi connectivity index (χ4n) is 4.28. The minimum absolute atomic E-state index is 0. The summed E-state index contributed by atoms with van der Waals surface area (Å²) in [6, 6.07) is 9.10. The van der Waals surface area contributed by atoms with Crippen LogP contribution in [0, 0.1) is 0 Å². The minimum Gasteiger partial charge on any atom is -0.357 e. The number of nitrogens with one attached hydrogen (secondary N) is 2. The first-order valence-corrected chi connectivity index (χ1v) is 11.3. The molecule has 2 aliphatic rings. The lowest BCUT2D eigenvalue weighted by atomic mass is 10.00. The normalized spacial score (nSPS) is 19.6. The third-order valence-electron chi connectivity index (χ3n) is 6.06. The topological polar surface area (TPSA) is 60.0 Å². The van der Waals surface area contributed by atoms with E-state index in [4.69, 9.17) is 0 Å². The van der Waals surface area contributed by atoms with Crippen LogP contribution in [-0.2, 0) is 17.8 Å². The number of carbonyl (C=O) groups excluding carboxylic acids is 1. The molecule has 0 aliphatic carbocycles. The van der Waals surface area contributed by atoms with Crippen molar-refractivity contribution in [1.29, 1.82) is 0 Å². The average Bonchev–Trinajstić information content (AvgIpc) is 2.75. The highest BCUT2D eigenvalue weighted by molar-refractivity contribution is 14.0. The van der Waals surface area contributed by atoms with Crippen molar-refractivity contribution in [3.8, 4) is 0 Å². The zero-order valence-corrected chi connectivity index (χ0v) is 20.9. The lowest BCUT2D eigenvalue weighted by Gasteiger charge is -2.33. The van der Waals surface area contributed by atoms with E-state index < -0.39 is 0 Å². The van der Waals surface area contributed by atoms with E-state index in [2.05, 4.69) is 52.6 Å². The van der Waals surface area contributed by atoms with E-state index in [-0.39, 0.29) is 36.4 Å². The SMILES string of the molecule is CCNC(=NCC(=O)N1CCc2ccccc2C1)NCCCN1CCCCC1C.I. The number of nitrogens with zero attached hydrogens (tertiary/aromatic N) is 3. The third-order valence-corrected chi connectivity index (χ3v) is 6.06. The Kier molecular flexibility index (Phi) is 10.9. The summed E-state index contributed by atoms with van der Waals surface area (Å²) < 4.78 is 0. The maximum absolute atomic E-state index is 12.6. The molecule has 1 atom stereocenters. The predicted molar refractivity (Wildman–Crippen MR) is 134 cm³/mol. The summed E-state index contributed by atoms with van der Waals surface area (Å²) in [5.41, 5.74) is 2.62. The molecule has 2 heterocycles. The predicted octanol–water partition coefficient (Wildman–Crippen LogP) is 3.01. The molecule has 30 heavy (non-hydrogen) atoms. The molecule has 0 spiro atoms. The third kappa shape index (κ3) is 7.41. The number of hydrogen-bond acceptors (Lipinski definition) is 3. The monoisotopic (exact) mass is 527 g/mol. The molecule has 1 amide bonds. The second-order valence-electron chi connectivity index (χ2n) is 8.19. The first kappa shape index (κ1) is 24.9.